The van der Waals surface area contributed by atoms with Gasteiger partial charge in [-0.2, -0.15) is 0 Å². The van der Waals surface area contributed by atoms with E-state index in [2.05, 4.69) is 19.8 Å². The van der Waals surface area contributed by atoms with Crippen LogP contribution in [0.4, 0.5) is 5.69 Å². The maximum absolute atomic E-state index is 11.7. The second-order valence-electron chi connectivity index (χ2n) is 5.22. The lowest BCUT2D eigenvalue weighted by Gasteiger charge is -2.10. The maximum atomic E-state index is 11.7. The molecule has 0 saturated heterocycles. The molecule has 0 atom stereocenters. The number of aryl methyl sites for hydroxylation is 2. The number of anilines is 1. The summed E-state index contributed by atoms with van der Waals surface area (Å²) in [6.07, 6.45) is 4.55. The SMILES string of the molecule is COC(=O)/C=C(/Nc1ccc(CCc2ccccn2)cc1)C(=O)OC. The lowest BCUT2D eigenvalue weighted by molar-refractivity contribution is -0.138. The van der Waals surface area contributed by atoms with E-state index in [0.29, 0.717) is 5.69 Å². The van der Waals surface area contributed by atoms with E-state index in [1.807, 2.05) is 42.5 Å². The zero-order valence-electron chi connectivity index (χ0n) is 14.2. The molecule has 0 aliphatic rings. The number of nitrogens with one attached hydrogen (secondary N) is 1. The lowest BCUT2D eigenvalue weighted by atomic mass is 10.1. The van der Waals surface area contributed by atoms with Crippen molar-refractivity contribution in [1.82, 2.24) is 4.98 Å². The Bertz CT molecular complexity index is 740. The average Bonchev–Trinajstić information content (AvgIpc) is 2.66. The predicted octanol–water partition coefficient (Wildman–Crippen LogP) is 2.51. The highest BCUT2D eigenvalue weighted by atomic mass is 16.5. The van der Waals surface area contributed by atoms with E-state index in [1.165, 1.54) is 14.2 Å². The zero-order valence-corrected chi connectivity index (χ0v) is 14.2. The van der Waals surface area contributed by atoms with Gasteiger partial charge in [0, 0.05) is 17.6 Å². The summed E-state index contributed by atoms with van der Waals surface area (Å²) in [4.78, 5) is 27.4. The number of hydrogen-bond donors (Lipinski definition) is 1. The first kappa shape index (κ1) is 18.2. The Morgan fingerprint density at radius 2 is 1.80 bits per heavy atom. The number of methoxy groups -OCH3 is 2. The first-order valence-corrected chi connectivity index (χ1v) is 7.76. The van der Waals surface area contributed by atoms with Crippen LogP contribution in [0.25, 0.3) is 0 Å². The Kier molecular flexibility index (Phi) is 6.71. The van der Waals surface area contributed by atoms with Crippen LogP contribution in [0.5, 0.6) is 0 Å². The van der Waals surface area contributed by atoms with Crippen molar-refractivity contribution in [2.45, 2.75) is 12.8 Å². The molecule has 130 valence electrons. The Labute approximate surface area is 146 Å². The van der Waals surface area contributed by atoms with Crippen LogP contribution in [0.3, 0.4) is 0 Å². The first-order chi connectivity index (χ1) is 12.1. The van der Waals surface area contributed by atoms with Crippen molar-refractivity contribution in [3.63, 3.8) is 0 Å². The molecule has 0 spiro atoms. The Morgan fingerprint density at radius 1 is 1.04 bits per heavy atom. The van der Waals surface area contributed by atoms with Crippen LogP contribution in [0.2, 0.25) is 0 Å². The highest BCUT2D eigenvalue weighted by Crippen LogP contribution is 2.14. The molecule has 0 fully saturated rings. The summed E-state index contributed by atoms with van der Waals surface area (Å²) in [5.74, 6) is -1.29. The van der Waals surface area contributed by atoms with Gasteiger partial charge in [-0.25, -0.2) is 9.59 Å². The van der Waals surface area contributed by atoms with Crippen LogP contribution in [-0.2, 0) is 31.9 Å². The van der Waals surface area contributed by atoms with Crippen molar-refractivity contribution >= 4 is 17.6 Å². The van der Waals surface area contributed by atoms with Crippen LogP contribution in [-0.4, -0.2) is 31.1 Å². The number of carbonyl (C=O) groups excluding carboxylic acids is 2. The summed E-state index contributed by atoms with van der Waals surface area (Å²) in [5, 5.41) is 2.87. The van der Waals surface area contributed by atoms with Gasteiger partial charge in [-0.3, -0.25) is 4.98 Å². The van der Waals surface area contributed by atoms with Crippen LogP contribution in [0.1, 0.15) is 11.3 Å². The van der Waals surface area contributed by atoms with E-state index in [4.69, 9.17) is 0 Å². The minimum Gasteiger partial charge on any atom is -0.466 e. The number of nitrogens with zero attached hydrogens (tertiary/aromatic N) is 1. The molecule has 1 heterocycles. The third kappa shape index (κ3) is 5.76. The van der Waals surface area contributed by atoms with Gasteiger partial charge >= 0.3 is 11.9 Å². The number of ether oxygens (including phenoxy) is 2. The quantitative estimate of drug-likeness (QED) is 0.616. The maximum Gasteiger partial charge on any atom is 0.354 e. The number of benzene rings is 1. The number of esters is 2. The van der Waals surface area contributed by atoms with Gasteiger partial charge in [-0.05, 0) is 42.7 Å². The lowest BCUT2D eigenvalue weighted by Crippen LogP contribution is -2.15. The number of hydrogen-bond acceptors (Lipinski definition) is 6. The van der Waals surface area contributed by atoms with Crippen LogP contribution in [0, 0.1) is 0 Å². The normalized spacial score (nSPS) is 10.9. The molecule has 6 nitrogen and oxygen atoms in total. The Hall–Kier alpha value is -3.15. The molecule has 0 bridgehead atoms. The summed E-state index contributed by atoms with van der Waals surface area (Å²) in [7, 11) is 2.49. The topological polar surface area (TPSA) is 77.5 Å². The molecular weight excluding hydrogens is 320 g/mol. The molecule has 2 aromatic rings. The van der Waals surface area contributed by atoms with Crippen molar-refractivity contribution in [2.24, 2.45) is 0 Å². The van der Waals surface area contributed by atoms with Crippen molar-refractivity contribution < 1.29 is 19.1 Å². The number of rotatable bonds is 7. The second-order valence-corrected chi connectivity index (χ2v) is 5.22. The number of pyridine rings is 1. The predicted molar refractivity (Wildman–Crippen MR) is 93.8 cm³/mol. The fourth-order valence-electron chi connectivity index (χ4n) is 2.16. The monoisotopic (exact) mass is 340 g/mol. The van der Waals surface area contributed by atoms with E-state index < -0.39 is 11.9 Å². The van der Waals surface area contributed by atoms with E-state index in [-0.39, 0.29) is 5.70 Å². The van der Waals surface area contributed by atoms with Crippen LogP contribution < -0.4 is 5.32 Å². The van der Waals surface area contributed by atoms with Gasteiger partial charge in [0.15, 0.2) is 0 Å². The molecular formula is C19H20N2O4. The molecule has 1 aromatic heterocycles. The van der Waals surface area contributed by atoms with E-state index in [9.17, 15) is 9.59 Å². The second kappa shape index (κ2) is 9.22. The van der Waals surface area contributed by atoms with E-state index in [1.54, 1.807) is 6.20 Å². The third-order valence-corrected chi connectivity index (χ3v) is 3.50. The Morgan fingerprint density at radius 3 is 2.40 bits per heavy atom. The highest BCUT2D eigenvalue weighted by Gasteiger charge is 2.12. The molecule has 6 heteroatoms. The third-order valence-electron chi connectivity index (χ3n) is 3.50. The molecule has 1 aromatic carbocycles. The minimum atomic E-state index is -0.648. The largest absolute Gasteiger partial charge is 0.466 e. The molecule has 0 aliphatic carbocycles. The molecule has 0 amide bonds. The zero-order chi connectivity index (χ0) is 18.1. The van der Waals surface area contributed by atoms with Gasteiger partial charge in [0.1, 0.15) is 5.70 Å². The number of aromatic nitrogens is 1. The molecule has 0 saturated carbocycles. The van der Waals surface area contributed by atoms with Gasteiger partial charge in [0.05, 0.1) is 20.3 Å². The van der Waals surface area contributed by atoms with Gasteiger partial charge in [-0.1, -0.05) is 18.2 Å². The van der Waals surface area contributed by atoms with Crippen molar-refractivity contribution in [1.29, 1.82) is 0 Å². The smallest absolute Gasteiger partial charge is 0.354 e. The van der Waals surface area contributed by atoms with E-state index >= 15 is 0 Å². The fourth-order valence-corrected chi connectivity index (χ4v) is 2.16. The standard InChI is InChI=1S/C19H20N2O4/c1-24-18(22)13-17(19(23)25-2)21-16-10-7-14(8-11-16)6-9-15-5-3-4-12-20-15/h3-5,7-8,10-13,21H,6,9H2,1-2H3/b17-13+. The van der Waals surface area contributed by atoms with Gasteiger partial charge in [0.2, 0.25) is 0 Å². The molecule has 1 N–H and O–H groups in total. The van der Waals surface area contributed by atoms with Crippen LogP contribution >= 0.6 is 0 Å². The summed E-state index contributed by atoms with van der Waals surface area (Å²) < 4.78 is 9.19. The fraction of sp³-hybridized carbons (Fsp3) is 0.211. The van der Waals surface area contributed by atoms with Crippen molar-refractivity contribution in [3.05, 3.63) is 71.7 Å². The summed E-state index contributed by atoms with van der Waals surface area (Å²) >= 11 is 0. The summed E-state index contributed by atoms with van der Waals surface area (Å²) in [6.45, 7) is 0. The number of carbonyl (C=O) groups is 2. The average molecular weight is 340 g/mol. The Balaban J connectivity index is 2.01. The van der Waals surface area contributed by atoms with Gasteiger partial charge < -0.3 is 14.8 Å². The highest BCUT2D eigenvalue weighted by molar-refractivity contribution is 5.98. The summed E-state index contributed by atoms with van der Waals surface area (Å²) in [6, 6.07) is 13.4. The molecule has 0 radical (unpaired) electrons. The van der Waals surface area contributed by atoms with Crippen molar-refractivity contribution in [3.8, 4) is 0 Å². The molecule has 0 unspecified atom stereocenters. The summed E-state index contributed by atoms with van der Waals surface area (Å²) in [5.41, 5.74) is 2.86. The minimum absolute atomic E-state index is 0.00980. The van der Waals surface area contributed by atoms with Crippen molar-refractivity contribution in [2.75, 3.05) is 19.5 Å². The first-order valence-electron chi connectivity index (χ1n) is 7.76. The molecule has 25 heavy (non-hydrogen) atoms. The van der Waals surface area contributed by atoms with Gasteiger partial charge in [-0.15, -0.1) is 0 Å². The molecule has 2 rings (SSSR count). The van der Waals surface area contributed by atoms with Gasteiger partial charge in [0.25, 0.3) is 0 Å². The van der Waals surface area contributed by atoms with E-state index in [0.717, 1.165) is 30.2 Å². The van der Waals surface area contributed by atoms with Crippen LogP contribution in [0.15, 0.2) is 60.4 Å². The molecule has 0 aliphatic heterocycles.